The quantitative estimate of drug-likeness (QED) is 0.232. The minimum Gasteiger partial charge on any atom is -0.491 e. The molecule has 3 saturated heterocycles. The molecule has 0 aromatic heterocycles. The van der Waals surface area contributed by atoms with Crippen molar-refractivity contribution in [2.24, 2.45) is 5.92 Å². The summed E-state index contributed by atoms with van der Waals surface area (Å²) < 4.78 is 30.2. The highest BCUT2D eigenvalue weighted by atomic mass is 16.8. The minimum atomic E-state index is -0.637. The molecule has 3 heterocycles. The summed E-state index contributed by atoms with van der Waals surface area (Å²) in [7, 11) is 0. The van der Waals surface area contributed by atoms with Crippen LogP contribution in [0.2, 0.25) is 0 Å². The number of hydroxylamine groups is 2. The Morgan fingerprint density at radius 1 is 1.03 bits per heavy atom. The standard InChI is InChI=1S/C30H49NO6/c1-8-11-16-32-17-27-20-35-30(36-27)21-28(6,9-2)31(29(7,10-3)23(30)5)37-22(4)24-12-14-25(15-13-24)33-18-26-19-34-26/h12-15,22-23,26-27H,8-11,16-21H2,1-7H3. The van der Waals surface area contributed by atoms with Gasteiger partial charge < -0.3 is 23.7 Å². The predicted octanol–water partition coefficient (Wildman–Crippen LogP) is 6.06. The van der Waals surface area contributed by atoms with Gasteiger partial charge in [0.15, 0.2) is 5.79 Å². The van der Waals surface area contributed by atoms with E-state index in [-0.39, 0.29) is 35.3 Å². The Hall–Kier alpha value is -1.22. The van der Waals surface area contributed by atoms with Gasteiger partial charge >= 0.3 is 0 Å². The summed E-state index contributed by atoms with van der Waals surface area (Å²) >= 11 is 0. The van der Waals surface area contributed by atoms with E-state index in [0.29, 0.717) is 19.8 Å². The molecule has 3 aliphatic heterocycles. The third-order valence-electron chi connectivity index (χ3n) is 8.93. The maximum Gasteiger partial charge on any atom is 0.175 e. The topological polar surface area (TPSA) is 61.9 Å². The van der Waals surface area contributed by atoms with Gasteiger partial charge in [0.1, 0.15) is 30.7 Å². The molecule has 0 amide bonds. The number of piperidine rings is 1. The molecular weight excluding hydrogens is 470 g/mol. The number of nitrogens with zero attached hydrogens (tertiary/aromatic N) is 1. The molecule has 7 heteroatoms. The smallest absolute Gasteiger partial charge is 0.175 e. The Morgan fingerprint density at radius 2 is 1.76 bits per heavy atom. The first kappa shape index (κ1) is 28.8. The third kappa shape index (κ3) is 6.18. The van der Waals surface area contributed by atoms with E-state index in [0.717, 1.165) is 56.6 Å². The molecular formula is C30H49NO6. The normalized spacial score (nSPS) is 36.7. The van der Waals surface area contributed by atoms with Gasteiger partial charge in [-0.3, -0.25) is 4.84 Å². The summed E-state index contributed by atoms with van der Waals surface area (Å²) in [4.78, 5) is 6.87. The zero-order valence-corrected chi connectivity index (χ0v) is 24.1. The van der Waals surface area contributed by atoms with E-state index in [1.165, 1.54) is 0 Å². The maximum absolute atomic E-state index is 6.87. The second-order valence-corrected chi connectivity index (χ2v) is 11.6. The molecule has 1 aromatic carbocycles. The zero-order valence-electron chi connectivity index (χ0n) is 24.1. The molecule has 1 spiro atoms. The average Bonchev–Trinajstić information content (AvgIpc) is 3.66. The van der Waals surface area contributed by atoms with Crippen LogP contribution >= 0.6 is 0 Å². The van der Waals surface area contributed by atoms with Crippen LogP contribution in [0.1, 0.15) is 92.2 Å². The van der Waals surface area contributed by atoms with E-state index >= 15 is 0 Å². The first-order valence-corrected chi connectivity index (χ1v) is 14.4. The summed E-state index contributed by atoms with van der Waals surface area (Å²) in [5.41, 5.74) is 0.594. The second kappa shape index (κ2) is 11.9. The van der Waals surface area contributed by atoms with Gasteiger partial charge in [-0.1, -0.05) is 46.2 Å². The predicted molar refractivity (Wildman–Crippen MR) is 143 cm³/mol. The van der Waals surface area contributed by atoms with E-state index < -0.39 is 5.79 Å². The van der Waals surface area contributed by atoms with Crippen molar-refractivity contribution in [3.63, 3.8) is 0 Å². The van der Waals surface area contributed by atoms with Crippen molar-refractivity contribution in [2.75, 3.05) is 33.0 Å². The number of hydrogen-bond donors (Lipinski definition) is 0. The molecule has 3 aliphatic rings. The van der Waals surface area contributed by atoms with Crippen LogP contribution in [0.25, 0.3) is 0 Å². The molecule has 0 radical (unpaired) electrons. The SMILES string of the molecule is CCCCOCC1COC2(CC(C)(CC)N(OC(C)c3ccc(OCC4CO4)cc3)C(C)(CC)C2C)O1. The Balaban J connectivity index is 1.47. The summed E-state index contributed by atoms with van der Waals surface area (Å²) in [5, 5.41) is 2.28. The van der Waals surface area contributed by atoms with Crippen LogP contribution < -0.4 is 4.74 Å². The Kier molecular flexibility index (Phi) is 9.25. The van der Waals surface area contributed by atoms with Gasteiger partial charge in [0.25, 0.3) is 0 Å². The van der Waals surface area contributed by atoms with Gasteiger partial charge in [-0.2, -0.15) is 5.06 Å². The molecule has 7 atom stereocenters. The first-order chi connectivity index (χ1) is 17.7. The zero-order chi connectivity index (χ0) is 26.7. The number of ether oxygens (including phenoxy) is 5. The monoisotopic (exact) mass is 519 g/mol. The van der Waals surface area contributed by atoms with Gasteiger partial charge in [-0.25, -0.2) is 0 Å². The molecule has 0 saturated carbocycles. The molecule has 210 valence electrons. The van der Waals surface area contributed by atoms with Gasteiger partial charge in [-0.05, 0) is 57.7 Å². The van der Waals surface area contributed by atoms with Crippen LogP contribution in [-0.4, -0.2) is 67.2 Å². The van der Waals surface area contributed by atoms with Crippen molar-refractivity contribution >= 4 is 0 Å². The van der Waals surface area contributed by atoms with Crippen molar-refractivity contribution < 1.29 is 28.5 Å². The number of rotatable bonds is 13. The van der Waals surface area contributed by atoms with Crippen molar-refractivity contribution in [3.8, 4) is 5.75 Å². The Morgan fingerprint density at radius 3 is 2.38 bits per heavy atom. The van der Waals surface area contributed by atoms with E-state index in [1.54, 1.807) is 0 Å². The van der Waals surface area contributed by atoms with Crippen LogP contribution in [0.15, 0.2) is 24.3 Å². The summed E-state index contributed by atoms with van der Waals surface area (Å²) in [5.74, 6) is 0.334. The van der Waals surface area contributed by atoms with Crippen LogP contribution in [0.5, 0.6) is 5.75 Å². The first-order valence-electron chi connectivity index (χ1n) is 14.4. The van der Waals surface area contributed by atoms with Crippen LogP contribution in [0.3, 0.4) is 0 Å². The van der Waals surface area contributed by atoms with Crippen molar-refractivity contribution in [1.29, 1.82) is 0 Å². The molecule has 7 unspecified atom stereocenters. The van der Waals surface area contributed by atoms with Crippen molar-refractivity contribution in [3.05, 3.63) is 29.8 Å². The number of unbranched alkanes of at least 4 members (excludes halogenated alkanes) is 1. The fraction of sp³-hybridized carbons (Fsp3) is 0.800. The number of hydrogen-bond acceptors (Lipinski definition) is 7. The van der Waals surface area contributed by atoms with Crippen molar-refractivity contribution in [2.45, 2.75) is 116 Å². The van der Waals surface area contributed by atoms with Crippen LogP contribution in [0, 0.1) is 5.92 Å². The Labute approximate surface area is 224 Å². The fourth-order valence-electron chi connectivity index (χ4n) is 5.84. The minimum absolute atomic E-state index is 0.0277. The van der Waals surface area contributed by atoms with Crippen LogP contribution in [0.4, 0.5) is 0 Å². The highest BCUT2D eigenvalue weighted by Crippen LogP contribution is 2.54. The second-order valence-electron chi connectivity index (χ2n) is 11.6. The molecule has 7 nitrogen and oxygen atoms in total. The Bertz CT molecular complexity index is 862. The lowest BCUT2D eigenvalue weighted by Gasteiger charge is -2.62. The molecule has 37 heavy (non-hydrogen) atoms. The molecule has 3 fully saturated rings. The highest BCUT2D eigenvalue weighted by Gasteiger charge is 2.64. The molecule has 0 aliphatic carbocycles. The molecule has 0 N–H and O–H groups in total. The molecule has 1 aromatic rings. The van der Waals surface area contributed by atoms with E-state index in [2.05, 4.69) is 65.7 Å². The van der Waals surface area contributed by atoms with Gasteiger partial charge in [0.2, 0.25) is 0 Å². The van der Waals surface area contributed by atoms with E-state index in [1.807, 2.05) is 12.1 Å². The average molecular weight is 520 g/mol. The van der Waals surface area contributed by atoms with Crippen molar-refractivity contribution in [1.82, 2.24) is 5.06 Å². The van der Waals surface area contributed by atoms with Gasteiger partial charge in [-0.15, -0.1) is 0 Å². The largest absolute Gasteiger partial charge is 0.491 e. The van der Waals surface area contributed by atoms with Gasteiger partial charge in [0.05, 0.1) is 25.4 Å². The van der Waals surface area contributed by atoms with Gasteiger partial charge in [0, 0.05) is 24.5 Å². The summed E-state index contributed by atoms with van der Waals surface area (Å²) in [6.45, 7) is 19.0. The molecule has 4 rings (SSSR count). The lowest BCUT2D eigenvalue weighted by atomic mass is 9.67. The molecule has 0 bridgehead atoms. The number of benzene rings is 1. The summed E-state index contributed by atoms with van der Waals surface area (Å²) in [6, 6.07) is 8.24. The third-order valence-corrected chi connectivity index (χ3v) is 8.93. The summed E-state index contributed by atoms with van der Waals surface area (Å²) in [6.07, 6.45) is 4.91. The number of epoxide rings is 1. The van der Waals surface area contributed by atoms with Crippen LogP contribution in [-0.2, 0) is 23.8 Å². The van der Waals surface area contributed by atoms with E-state index in [4.69, 9.17) is 28.5 Å². The lowest BCUT2D eigenvalue weighted by molar-refractivity contribution is -0.380. The lowest BCUT2D eigenvalue weighted by Crippen LogP contribution is -2.71. The van der Waals surface area contributed by atoms with E-state index in [9.17, 15) is 0 Å². The maximum atomic E-state index is 6.87. The highest BCUT2D eigenvalue weighted by molar-refractivity contribution is 5.28. The fourth-order valence-corrected chi connectivity index (χ4v) is 5.84.